The lowest BCUT2D eigenvalue weighted by molar-refractivity contribution is 0.562. The van der Waals surface area contributed by atoms with Gasteiger partial charge in [-0.2, -0.15) is 0 Å². The van der Waals surface area contributed by atoms with Gasteiger partial charge >= 0.3 is 0 Å². The molecular formula is C14H15ClN2O2S. The molecule has 1 aliphatic rings. The van der Waals surface area contributed by atoms with E-state index in [4.69, 9.17) is 11.6 Å². The number of anilines is 1. The fourth-order valence-corrected chi connectivity index (χ4v) is 4.49. The topological polar surface area (TPSA) is 59.1 Å². The number of hydrogen-bond acceptors (Lipinski definition) is 4. The third kappa shape index (κ3) is 2.88. The minimum atomic E-state index is -2.93. The number of aromatic nitrogens is 1. The second-order valence-corrected chi connectivity index (χ2v) is 7.79. The Hall–Kier alpha value is -1.33. The predicted octanol–water partition coefficient (Wildman–Crippen LogP) is 2.88. The molecule has 3 rings (SSSR count). The summed E-state index contributed by atoms with van der Waals surface area (Å²) in [6.07, 6.45) is 3.27. The van der Waals surface area contributed by atoms with Gasteiger partial charge in [0, 0.05) is 22.6 Å². The van der Waals surface area contributed by atoms with Gasteiger partial charge in [0.1, 0.15) is 0 Å². The molecule has 1 atom stereocenters. The van der Waals surface area contributed by atoms with Gasteiger partial charge in [-0.3, -0.25) is 4.98 Å². The Morgan fingerprint density at radius 2 is 2.20 bits per heavy atom. The Bertz CT molecular complexity index is 746. The van der Waals surface area contributed by atoms with Crippen LogP contribution in [0.2, 0.25) is 5.02 Å². The van der Waals surface area contributed by atoms with Crippen LogP contribution in [-0.4, -0.2) is 30.9 Å². The smallest absolute Gasteiger partial charge is 0.152 e. The molecule has 2 aromatic rings. The van der Waals surface area contributed by atoms with Crippen molar-refractivity contribution in [1.29, 1.82) is 0 Å². The highest BCUT2D eigenvalue weighted by Crippen LogP contribution is 2.28. The molecule has 4 nitrogen and oxygen atoms in total. The highest BCUT2D eigenvalue weighted by molar-refractivity contribution is 7.91. The van der Waals surface area contributed by atoms with Gasteiger partial charge in [0.05, 0.1) is 22.7 Å². The summed E-state index contributed by atoms with van der Waals surface area (Å²) in [5.41, 5.74) is 1.62. The number of hydrogen-bond donors (Lipinski definition) is 1. The zero-order chi connectivity index (χ0) is 14.2. The van der Waals surface area contributed by atoms with Gasteiger partial charge in [0.2, 0.25) is 0 Å². The van der Waals surface area contributed by atoms with E-state index in [9.17, 15) is 8.42 Å². The van der Waals surface area contributed by atoms with Crippen LogP contribution >= 0.6 is 11.6 Å². The molecule has 106 valence electrons. The van der Waals surface area contributed by atoms with E-state index < -0.39 is 9.84 Å². The molecule has 1 saturated heterocycles. The third-order valence-corrected chi connectivity index (χ3v) is 5.53. The Kier molecular flexibility index (Phi) is 3.56. The second-order valence-electron chi connectivity index (χ2n) is 5.13. The van der Waals surface area contributed by atoms with Crippen molar-refractivity contribution in [2.45, 2.75) is 18.9 Å². The molecule has 20 heavy (non-hydrogen) atoms. The fourth-order valence-electron chi connectivity index (χ4n) is 2.62. The molecule has 1 aliphatic heterocycles. The molecule has 0 aliphatic carbocycles. The maximum atomic E-state index is 11.7. The predicted molar refractivity (Wildman–Crippen MR) is 82.1 cm³/mol. The first-order chi connectivity index (χ1) is 9.53. The van der Waals surface area contributed by atoms with Crippen LogP contribution < -0.4 is 5.32 Å². The molecule has 6 heteroatoms. The fraction of sp³-hybridized carbons (Fsp3) is 0.357. The number of nitrogens with zero attached hydrogens (tertiary/aromatic N) is 1. The number of halogens is 1. The van der Waals surface area contributed by atoms with Crippen molar-refractivity contribution >= 4 is 38.0 Å². The van der Waals surface area contributed by atoms with Crippen molar-refractivity contribution < 1.29 is 8.42 Å². The van der Waals surface area contributed by atoms with E-state index in [0.29, 0.717) is 17.2 Å². The molecule has 1 unspecified atom stereocenters. The molecule has 0 saturated carbocycles. The van der Waals surface area contributed by atoms with Gasteiger partial charge in [-0.25, -0.2) is 8.42 Å². The van der Waals surface area contributed by atoms with Crippen LogP contribution in [0.3, 0.4) is 0 Å². The van der Waals surface area contributed by atoms with Crippen molar-refractivity contribution in [3.8, 4) is 0 Å². The third-order valence-electron chi connectivity index (χ3n) is 3.49. The average Bonchev–Trinajstić information content (AvgIpc) is 2.37. The molecule has 1 N–H and O–H groups in total. The van der Waals surface area contributed by atoms with Gasteiger partial charge in [-0.05, 0) is 31.0 Å². The number of nitrogens with one attached hydrogen (secondary N) is 1. The summed E-state index contributed by atoms with van der Waals surface area (Å²) in [7, 11) is -2.93. The number of sulfone groups is 1. The minimum absolute atomic E-state index is 0.0718. The highest BCUT2D eigenvalue weighted by atomic mass is 35.5. The van der Waals surface area contributed by atoms with Crippen LogP contribution in [0.25, 0.3) is 10.9 Å². The summed E-state index contributed by atoms with van der Waals surface area (Å²) in [6, 6.07) is 7.38. The first-order valence-corrected chi connectivity index (χ1v) is 8.75. The van der Waals surface area contributed by atoms with Crippen molar-refractivity contribution in [3.05, 3.63) is 35.5 Å². The average molecular weight is 311 g/mol. The van der Waals surface area contributed by atoms with Gasteiger partial charge in [0.15, 0.2) is 9.84 Å². The summed E-state index contributed by atoms with van der Waals surface area (Å²) < 4.78 is 23.4. The molecule has 1 aromatic heterocycles. The van der Waals surface area contributed by atoms with Crippen LogP contribution in [-0.2, 0) is 9.84 Å². The summed E-state index contributed by atoms with van der Waals surface area (Å²) in [6.45, 7) is 0. The van der Waals surface area contributed by atoms with Crippen LogP contribution in [0.15, 0.2) is 30.5 Å². The number of pyridine rings is 1. The summed E-state index contributed by atoms with van der Waals surface area (Å²) in [5.74, 6) is 0.466. The Labute approximate surface area is 123 Å². The second kappa shape index (κ2) is 5.22. The largest absolute Gasteiger partial charge is 0.379 e. The SMILES string of the molecule is O=S1(=O)CCCC(Nc2cc(Cl)cc3cccnc23)C1. The Morgan fingerprint density at radius 1 is 1.35 bits per heavy atom. The van der Waals surface area contributed by atoms with Crippen LogP contribution in [0, 0.1) is 0 Å². The van der Waals surface area contributed by atoms with E-state index in [2.05, 4.69) is 10.3 Å². The zero-order valence-corrected chi connectivity index (χ0v) is 12.4. The van der Waals surface area contributed by atoms with Crippen molar-refractivity contribution in [2.24, 2.45) is 0 Å². The lowest BCUT2D eigenvalue weighted by Gasteiger charge is -2.24. The van der Waals surface area contributed by atoms with Crippen molar-refractivity contribution in [1.82, 2.24) is 4.98 Å². The molecule has 0 amide bonds. The monoisotopic (exact) mass is 310 g/mol. The Balaban J connectivity index is 1.94. The standard InChI is InChI=1S/C14H15ClN2O2S/c15-11-7-10-3-1-5-16-14(10)13(8-11)17-12-4-2-6-20(18,19)9-12/h1,3,5,7-8,12,17H,2,4,6,9H2. The number of benzene rings is 1. The Morgan fingerprint density at radius 3 is 3.00 bits per heavy atom. The lowest BCUT2D eigenvalue weighted by atomic mass is 10.1. The minimum Gasteiger partial charge on any atom is -0.379 e. The van der Waals surface area contributed by atoms with E-state index in [1.165, 1.54) is 0 Å². The van der Waals surface area contributed by atoms with Crippen molar-refractivity contribution in [3.63, 3.8) is 0 Å². The number of rotatable bonds is 2. The van der Waals surface area contributed by atoms with Gasteiger partial charge in [-0.1, -0.05) is 17.7 Å². The highest BCUT2D eigenvalue weighted by Gasteiger charge is 2.25. The lowest BCUT2D eigenvalue weighted by Crippen LogP contribution is -2.34. The van der Waals surface area contributed by atoms with Gasteiger partial charge < -0.3 is 5.32 Å². The van der Waals surface area contributed by atoms with E-state index in [0.717, 1.165) is 23.0 Å². The normalized spacial score (nSPS) is 21.8. The molecule has 0 spiro atoms. The number of fused-ring (bicyclic) bond motifs is 1. The molecule has 2 heterocycles. The van der Waals surface area contributed by atoms with Gasteiger partial charge in [0.25, 0.3) is 0 Å². The van der Waals surface area contributed by atoms with E-state index in [1.54, 1.807) is 12.3 Å². The maximum absolute atomic E-state index is 11.7. The molecule has 0 bridgehead atoms. The quantitative estimate of drug-likeness (QED) is 0.926. The molecular weight excluding hydrogens is 296 g/mol. The van der Waals surface area contributed by atoms with Crippen LogP contribution in [0.4, 0.5) is 5.69 Å². The first kappa shape index (κ1) is 13.6. The van der Waals surface area contributed by atoms with E-state index in [1.807, 2.05) is 18.2 Å². The molecule has 1 fully saturated rings. The van der Waals surface area contributed by atoms with Crippen molar-refractivity contribution in [2.75, 3.05) is 16.8 Å². The van der Waals surface area contributed by atoms with Crippen LogP contribution in [0.1, 0.15) is 12.8 Å². The van der Waals surface area contributed by atoms with E-state index in [-0.39, 0.29) is 11.8 Å². The molecule has 0 radical (unpaired) electrons. The van der Waals surface area contributed by atoms with Crippen LogP contribution in [0.5, 0.6) is 0 Å². The van der Waals surface area contributed by atoms with E-state index >= 15 is 0 Å². The summed E-state index contributed by atoms with van der Waals surface area (Å²) >= 11 is 6.11. The summed E-state index contributed by atoms with van der Waals surface area (Å²) in [4.78, 5) is 4.35. The molecule has 1 aromatic carbocycles. The van der Waals surface area contributed by atoms with Gasteiger partial charge in [-0.15, -0.1) is 0 Å². The maximum Gasteiger partial charge on any atom is 0.152 e. The zero-order valence-electron chi connectivity index (χ0n) is 10.8. The summed E-state index contributed by atoms with van der Waals surface area (Å²) in [5, 5.41) is 4.86. The first-order valence-electron chi connectivity index (χ1n) is 6.55.